The predicted molar refractivity (Wildman–Crippen MR) is 85.5 cm³/mol. The smallest absolute Gasteiger partial charge is 0.226 e. The first kappa shape index (κ1) is 15.5. The first-order valence-electron chi connectivity index (χ1n) is 7.35. The minimum Gasteiger partial charge on any atom is -0.349 e. The van der Waals surface area contributed by atoms with Crippen molar-refractivity contribution in [2.45, 2.75) is 39.2 Å². The lowest BCUT2D eigenvalue weighted by atomic mass is 9.75. The lowest BCUT2D eigenvalue weighted by Gasteiger charge is -2.36. The molecular weight excluding hydrogens is 316 g/mol. The third kappa shape index (κ3) is 3.23. The molecule has 1 fully saturated rings. The molecule has 3 nitrogen and oxygen atoms in total. The summed E-state index contributed by atoms with van der Waals surface area (Å²) in [7, 11) is 0. The number of halogens is 1. The zero-order valence-corrected chi connectivity index (χ0v) is 13.8. The lowest BCUT2D eigenvalue weighted by Crippen LogP contribution is -2.47. The highest BCUT2D eigenvalue weighted by atomic mass is 79.9. The second-order valence-corrected chi connectivity index (χ2v) is 6.45. The van der Waals surface area contributed by atoms with Gasteiger partial charge in [0.25, 0.3) is 0 Å². The van der Waals surface area contributed by atoms with Crippen LogP contribution in [0.4, 0.5) is 0 Å². The van der Waals surface area contributed by atoms with Crippen LogP contribution in [0.15, 0.2) is 28.7 Å². The molecule has 0 radical (unpaired) electrons. The van der Waals surface area contributed by atoms with Crippen LogP contribution >= 0.6 is 15.9 Å². The second-order valence-electron chi connectivity index (χ2n) is 5.60. The standard InChI is InChI=1S/C16H23BrN2O/c1-3-16(8-10-18-11-9-16)15(20)19-12(2)13-6-4-5-7-14(13)17/h4-7,12,18H,3,8-11H2,1-2H3,(H,19,20)/t12-/m0/s1. The maximum absolute atomic E-state index is 12.7. The average Bonchev–Trinajstić information content (AvgIpc) is 2.48. The zero-order valence-electron chi connectivity index (χ0n) is 12.2. The quantitative estimate of drug-likeness (QED) is 0.883. The Bertz CT molecular complexity index is 469. The molecule has 110 valence electrons. The number of amides is 1. The van der Waals surface area contributed by atoms with Crippen LogP contribution in [-0.4, -0.2) is 19.0 Å². The van der Waals surface area contributed by atoms with Gasteiger partial charge in [0.1, 0.15) is 0 Å². The highest BCUT2D eigenvalue weighted by molar-refractivity contribution is 9.10. The fourth-order valence-corrected chi connectivity index (χ4v) is 3.53. The Labute approximate surface area is 129 Å². The molecule has 4 heteroatoms. The summed E-state index contributed by atoms with van der Waals surface area (Å²) >= 11 is 3.55. The minimum absolute atomic E-state index is 0.0244. The van der Waals surface area contributed by atoms with Crippen molar-refractivity contribution >= 4 is 21.8 Å². The molecule has 1 saturated heterocycles. The first-order chi connectivity index (χ1) is 9.59. The SMILES string of the molecule is CCC1(C(=O)N[C@@H](C)c2ccccc2Br)CCNCC1. The van der Waals surface area contributed by atoms with Crippen molar-refractivity contribution < 1.29 is 4.79 Å². The molecule has 2 N–H and O–H groups in total. The van der Waals surface area contributed by atoms with Gasteiger partial charge in [-0.05, 0) is 50.9 Å². The summed E-state index contributed by atoms with van der Waals surface area (Å²) in [6.07, 6.45) is 2.76. The molecule has 1 amide bonds. The van der Waals surface area contributed by atoms with Gasteiger partial charge in [0.05, 0.1) is 11.5 Å². The van der Waals surface area contributed by atoms with E-state index in [9.17, 15) is 4.79 Å². The molecule has 1 heterocycles. The Morgan fingerprint density at radius 1 is 1.40 bits per heavy atom. The molecule has 20 heavy (non-hydrogen) atoms. The van der Waals surface area contributed by atoms with Crippen molar-refractivity contribution in [2.24, 2.45) is 5.41 Å². The van der Waals surface area contributed by atoms with Gasteiger partial charge < -0.3 is 10.6 Å². The van der Waals surface area contributed by atoms with Crippen LogP contribution < -0.4 is 10.6 Å². The van der Waals surface area contributed by atoms with Gasteiger partial charge in [-0.2, -0.15) is 0 Å². The maximum Gasteiger partial charge on any atom is 0.226 e. The van der Waals surface area contributed by atoms with Gasteiger partial charge in [0.2, 0.25) is 5.91 Å². The van der Waals surface area contributed by atoms with Gasteiger partial charge in [0.15, 0.2) is 0 Å². The predicted octanol–water partition coefficient (Wildman–Crippen LogP) is 3.41. The number of rotatable bonds is 4. The van der Waals surface area contributed by atoms with E-state index < -0.39 is 0 Å². The number of hydrogen-bond acceptors (Lipinski definition) is 2. The van der Waals surface area contributed by atoms with Crippen LogP contribution in [0.3, 0.4) is 0 Å². The van der Waals surface area contributed by atoms with Crippen molar-refractivity contribution in [1.82, 2.24) is 10.6 Å². The summed E-state index contributed by atoms with van der Waals surface area (Å²) in [6, 6.07) is 8.08. The monoisotopic (exact) mass is 338 g/mol. The Hall–Kier alpha value is -0.870. The molecule has 1 aliphatic rings. The van der Waals surface area contributed by atoms with Crippen LogP contribution in [0.2, 0.25) is 0 Å². The molecule has 1 aromatic carbocycles. The zero-order chi connectivity index (χ0) is 14.6. The van der Waals surface area contributed by atoms with Gasteiger partial charge in [0, 0.05) is 4.47 Å². The van der Waals surface area contributed by atoms with Gasteiger partial charge in [-0.1, -0.05) is 41.1 Å². The van der Waals surface area contributed by atoms with Crippen molar-refractivity contribution in [2.75, 3.05) is 13.1 Å². The van der Waals surface area contributed by atoms with Crippen LogP contribution in [-0.2, 0) is 4.79 Å². The third-order valence-corrected chi connectivity index (χ3v) is 5.16. The van der Waals surface area contributed by atoms with E-state index in [1.54, 1.807) is 0 Å². The largest absolute Gasteiger partial charge is 0.349 e. The molecule has 0 spiro atoms. The Kier molecular flexibility index (Phi) is 5.22. The van der Waals surface area contributed by atoms with Gasteiger partial charge >= 0.3 is 0 Å². The third-order valence-electron chi connectivity index (χ3n) is 4.44. The Morgan fingerprint density at radius 2 is 2.05 bits per heavy atom. The first-order valence-corrected chi connectivity index (χ1v) is 8.14. The summed E-state index contributed by atoms with van der Waals surface area (Å²) in [5, 5.41) is 6.54. The molecule has 2 rings (SSSR count). The molecule has 0 aliphatic carbocycles. The maximum atomic E-state index is 12.7. The van der Waals surface area contributed by atoms with E-state index in [2.05, 4.69) is 39.6 Å². The summed E-state index contributed by atoms with van der Waals surface area (Å²) in [5.41, 5.74) is 0.932. The van der Waals surface area contributed by atoms with Crippen LogP contribution in [0.1, 0.15) is 44.7 Å². The molecule has 1 aliphatic heterocycles. The van der Waals surface area contributed by atoms with E-state index in [4.69, 9.17) is 0 Å². The number of piperidine rings is 1. The van der Waals surface area contributed by atoms with E-state index >= 15 is 0 Å². The fraction of sp³-hybridized carbons (Fsp3) is 0.562. The van der Waals surface area contributed by atoms with E-state index in [0.29, 0.717) is 0 Å². The number of carbonyl (C=O) groups is 1. The molecule has 1 atom stereocenters. The van der Waals surface area contributed by atoms with Crippen LogP contribution in [0.25, 0.3) is 0 Å². The molecule has 1 aromatic rings. The van der Waals surface area contributed by atoms with Crippen LogP contribution in [0, 0.1) is 5.41 Å². The molecule has 0 bridgehead atoms. The van der Waals surface area contributed by atoms with Crippen molar-refractivity contribution in [1.29, 1.82) is 0 Å². The van der Waals surface area contributed by atoms with Gasteiger partial charge in [-0.3, -0.25) is 4.79 Å². The summed E-state index contributed by atoms with van der Waals surface area (Å²) in [6.45, 7) is 6.03. The average molecular weight is 339 g/mol. The highest BCUT2D eigenvalue weighted by Gasteiger charge is 2.38. The molecule has 0 saturated carbocycles. The normalized spacial score (nSPS) is 19.4. The molecule has 0 aromatic heterocycles. The van der Waals surface area contributed by atoms with E-state index in [1.807, 2.05) is 25.1 Å². The van der Waals surface area contributed by atoms with Gasteiger partial charge in [-0.15, -0.1) is 0 Å². The number of carbonyl (C=O) groups excluding carboxylic acids is 1. The van der Waals surface area contributed by atoms with Crippen molar-refractivity contribution in [3.63, 3.8) is 0 Å². The Morgan fingerprint density at radius 3 is 2.65 bits per heavy atom. The number of benzene rings is 1. The summed E-state index contributed by atoms with van der Waals surface area (Å²) in [5.74, 6) is 0.199. The fourth-order valence-electron chi connectivity index (χ4n) is 2.90. The summed E-state index contributed by atoms with van der Waals surface area (Å²) in [4.78, 5) is 12.7. The minimum atomic E-state index is -0.194. The van der Waals surface area contributed by atoms with Gasteiger partial charge in [-0.25, -0.2) is 0 Å². The summed E-state index contributed by atoms with van der Waals surface area (Å²) < 4.78 is 1.05. The van der Waals surface area contributed by atoms with E-state index in [1.165, 1.54) is 0 Å². The second kappa shape index (κ2) is 6.72. The van der Waals surface area contributed by atoms with Crippen molar-refractivity contribution in [3.05, 3.63) is 34.3 Å². The number of nitrogens with one attached hydrogen (secondary N) is 2. The molecular formula is C16H23BrN2O. The van der Waals surface area contributed by atoms with E-state index in [-0.39, 0.29) is 17.4 Å². The van der Waals surface area contributed by atoms with Crippen LogP contribution in [0.5, 0.6) is 0 Å². The number of hydrogen-bond donors (Lipinski definition) is 2. The topological polar surface area (TPSA) is 41.1 Å². The van der Waals surface area contributed by atoms with E-state index in [0.717, 1.165) is 42.4 Å². The van der Waals surface area contributed by atoms with Crippen molar-refractivity contribution in [3.8, 4) is 0 Å². The Balaban J connectivity index is 2.08. The molecule has 0 unspecified atom stereocenters. The highest BCUT2D eigenvalue weighted by Crippen LogP contribution is 2.34. The lowest BCUT2D eigenvalue weighted by molar-refractivity contribution is -0.133.